The summed E-state index contributed by atoms with van der Waals surface area (Å²) in [5, 5.41) is 0.486. The summed E-state index contributed by atoms with van der Waals surface area (Å²) >= 11 is 3.14. The molecule has 0 bridgehead atoms. The molecule has 1 saturated carbocycles. The summed E-state index contributed by atoms with van der Waals surface area (Å²) in [6.45, 7) is 0. The first-order chi connectivity index (χ1) is 4.97. The van der Waals surface area contributed by atoms with E-state index in [4.69, 9.17) is 0 Å². The minimum atomic E-state index is -3.99. The van der Waals surface area contributed by atoms with Crippen LogP contribution in [0.5, 0.6) is 0 Å². The van der Waals surface area contributed by atoms with Crippen LogP contribution < -0.4 is 0 Å². The lowest BCUT2D eigenvalue weighted by Crippen LogP contribution is -2.36. The molecule has 0 amide bonds. The Morgan fingerprint density at radius 2 is 1.82 bits per heavy atom. The van der Waals surface area contributed by atoms with Crippen molar-refractivity contribution in [1.29, 1.82) is 0 Å². The van der Waals surface area contributed by atoms with E-state index in [2.05, 4.69) is 15.9 Å². The van der Waals surface area contributed by atoms with Gasteiger partial charge in [0, 0.05) is 11.8 Å². The molecule has 11 heavy (non-hydrogen) atoms. The van der Waals surface area contributed by atoms with Crippen molar-refractivity contribution in [2.75, 3.05) is 5.33 Å². The van der Waals surface area contributed by atoms with Gasteiger partial charge in [-0.3, -0.25) is 0 Å². The summed E-state index contributed by atoms with van der Waals surface area (Å²) in [5.74, 6) is 0. The van der Waals surface area contributed by atoms with Gasteiger partial charge in [0.05, 0.1) is 0 Å². The quantitative estimate of drug-likeness (QED) is 0.638. The van der Waals surface area contributed by atoms with Crippen LogP contribution in [0.15, 0.2) is 0 Å². The first kappa shape index (κ1) is 9.36. The van der Waals surface area contributed by atoms with Crippen LogP contribution in [0, 0.1) is 5.41 Å². The molecule has 0 aliphatic heterocycles. The Morgan fingerprint density at radius 1 is 1.27 bits per heavy atom. The fourth-order valence-electron chi connectivity index (χ4n) is 1.46. The van der Waals surface area contributed by atoms with Gasteiger partial charge in [-0.05, 0) is 18.3 Å². The van der Waals surface area contributed by atoms with Crippen LogP contribution in [0.1, 0.15) is 25.7 Å². The van der Waals surface area contributed by atoms with E-state index in [0.29, 0.717) is 5.33 Å². The lowest BCUT2D eigenvalue weighted by molar-refractivity contribution is -0.165. The van der Waals surface area contributed by atoms with Crippen LogP contribution in [0.2, 0.25) is 0 Å². The second-order valence-corrected chi connectivity index (χ2v) is 3.84. The first-order valence-electron chi connectivity index (χ1n) is 3.60. The molecule has 1 aliphatic carbocycles. The molecule has 0 unspecified atom stereocenters. The molecule has 0 saturated heterocycles. The third-order valence-corrected chi connectivity index (χ3v) is 3.46. The van der Waals surface area contributed by atoms with E-state index in [9.17, 15) is 13.2 Å². The summed E-state index contributed by atoms with van der Waals surface area (Å²) in [6, 6.07) is 0. The van der Waals surface area contributed by atoms with Gasteiger partial charge < -0.3 is 0 Å². The van der Waals surface area contributed by atoms with Crippen LogP contribution in [0.25, 0.3) is 0 Å². The predicted octanol–water partition coefficient (Wildman–Crippen LogP) is 3.50. The lowest BCUT2D eigenvalue weighted by Gasteiger charge is -2.40. The summed E-state index contributed by atoms with van der Waals surface area (Å²) in [7, 11) is 0. The molecule has 1 fully saturated rings. The predicted molar refractivity (Wildman–Crippen MR) is 40.8 cm³/mol. The number of halogens is 4. The van der Waals surface area contributed by atoms with Gasteiger partial charge in [-0.2, -0.15) is 13.2 Å². The number of hydrogen-bond acceptors (Lipinski definition) is 0. The van der Waals surface area contributed by atoms with E-state index in [1.165, 1.54) is 0 Å². The van der Waals surface area contributed by atoms with Gasteiger partial charge >= 0.3 is 6.18 Å². The normalized spacial score (nSPS) is 22.9. The highest BCUT2D eigenvalue weighted by atomic mass is 79.9. The Balaban J connectivity index is 2.45. The van der Waals surface area contributed by atoms with Gasteiger partial charge in [-0.25, -0.2) is 0 Å². The van der Waals surface area contributed by atoms with Crippen molar-refractivity contribution in [3.8, 4) is 0 Å². The van der Waals surface area contributed by atoms with Gasteiger partial charge in [-0.1, -0.05) is 22.4 Å². The fraction of sp³-hybridized carbons (Fsp3) is 1.00. The van der Waals surface area contributed by atoms with Crippen LogP contribution in [-0.4, -0.2) is 11.5 Å². The van der Waals surface area contributed by atoms with E-state index in [1.54, 1.807) is 0 Å². The van der Waals surface area contributed by atoms with Crippen molar-refractivity contribution < 1.29 is 13.2 Å². The van der Waals surface area contributed by atoms with Gasteiger partial charge in [0.15, 0.2) is 0 Å². The summed E-state index contributed by atoms with van der Waals surface area (Å²) in [4.78, 5) is 0. The maximum atomic E-state index is 11.9. The SMILES string of the molecule is FC(F)(F)CC1(CBr)CCC1. The molecular weight excluding hydrogens is 221 g/mol. The summed E-state index contributed by atoms with van der Waals surface area (Å²) in [5.41, 5.74) is -0.460. The largest absolute Gasteiger partial charge is 0.389 e. The Bertz CT molecular complexity index is 132. The molecule has 0 N–H and O–H groups in total. The van der Waals surface area contributed by atoms with E-state index < -0.39 is 18.0 Å². The lowest BCUT2D eigenvalue weighted by atomic mass is 9.68. The third kappa shape index (κ3) is 2.36. The minimum Gasteiger partial charge on any atom is -0.171 e. The zero-order chi connectivity index (χ0) is 8.54. The Kier molecular flexibility index (Phi) is 2.52. The maximum Gasteiger partial charge on any atom is 0.389 e. The number of rotatable bonds is 2. The van der Waals surface area contributed by atoms with Crippen molar-refractivity contribution in [3.05, 3.63) is 0 Å². The number of hydrogen-bond donors (Lipinski definition) is 0. The summed E-state index contributed by atoms with van der Waals surface area (Å²) in [6.07, 6.45) is -2.23. The molecule has 0 radical (unpaired) electrons. The molecular formula is C7H10BrF3. The molecule has 0 heterocycles. The standard InChI is InChI=1S/C7H10BrF3/c8-5-6(2-1-3-6)4-7(9,10)11/h1-5H2. The smallest absolute Gasteiger partial charge is 0.171 e. The van der Waals surface area contributed by atoms with Crippen LogP contribution in [0.4, 0.5) is 13.2 Å². The highest BCUT2D eigenvalue weighted by Gasteiger charge is 2.45. The molecule has 66 valence electrons. The van der Waals surface area contributed by atoms with Crippen molar-refractivity contribution in [2.45, 2.75) is 31.9 Å². The topological polar surface area (TPSA) is 0 Å². The van der Waals surface area contributed by atoms with Gasteiger partial charge in [0.1, 0.15) is 0 Å². The van der Waals surface area contributed by atoms with Gasteiger partial charge in [0.25, 0.3) is 0 Å². The first-order valence-corrected chi connectivity index (χ1v) is 4.72. The molecule has 0 aromatic heterocycles. The Labute approximate surface area is 72.3 Å². The van der Waals surface area contributed by atoms with Crippen molar-refractivity contribution >= 4 is 15.9 Å². The molecule has 0 nitrogen and oxygen atoms in total. The van der Waals surface area contributed by atoms with E-state index in [0.717, 1.165) is 19.3 Å². The molecule has 4 heteroatoms. The zero-order valence-corrected chi connectivity index (χ0v) is 7.63. The van der Waals surface area contributed by atoms with E-state index >= 15 is 0 Å². The average molecular weight is 231 g/mol. The van der Waals surface area contributed by atoms with E-state index in [-0.39, 0.29) is 0 Å². The average Bonchev–Trinajstić information content (AvgIpc) is 1.77. The number of alkyl halides is 4. The van der Waals surface area contributed by atoms with Crippen LogP contribution in [0.3, 0.4) is 0 Å². The van der Waals surface area contributed by atoms with E-state index in [1.807, 2.05) is 0 Å². The Hall–Kier alpha value is 0.270. The zero-order valence-electron chi connectivity index (χ0n) is 6.05. The molecule has 0 aromatic carbocycles. The molecule has 0 atom stereocenters. The fourth-order valence-corrected chi connectivity index (χ4v) is 2.22. The maximum absolute atomic E-state index is 11.9. The highest BCUT2D eigenvalue weighted by molar-refractivity contribution is 9.09. The third-order valence-electron chi connectivity index (χ3n) is 2.27. The molecule has 0 spiro atoms. The minimum absolute atomic E-state index is 0.460. The highest BCUT2D eigenvalue weighted by Crippen LogP contribution is 2.49. The second kappa shape index (κ2) is 2.96. The summed E-state index contributed by atoms with van der Waals surface area (Å²) < 4.78 is 35.8. The Morgan fingerprint density at radius 3 is 1.91 bits per heavy atom. The molecule has 1 rings (SSSR count). The van der Waals surface area contributed by atoms with Crippen LogP contribution in [-0.2, 0) is 0 Å². The van der Waals surface area contributed by atoms with Crippen molar-refractivity contribution in [3.63, 3.8) is 0 Å². The van der Waals surface area contributed by atoms with Gasteiger partial charge in [0.2, 0.25) is 0 Å². The van der Waals surface area contributed by atoms with Crippen molar-refractivity contribution in [1.82, 2.24) is 0 Å². The van der Waals surface area contributed by atoms with Crippen molar-refractivity contribution in [2.24, 2.45) is 5.41 Å². The molecule has 1 aliphatic rings. The monoisotopic (exact) mass is 230 g/mol. The van der Waals surface area contributed by atoms with Gasteiger partial charge in [-0.15, -0.1) is 0 Å². The molecule has 0 aromatic rings. The second-order valence-electron chi connectivity index (χ2n) is 3.28. The van der Waals surface area contributed by atoms with Crippen LogP contribution >= 0.6 is 15.9 Å².